The predicted octanol–water partition coefficient (Wildman–Crippen LogP) is 1.81. The fourth-order valence-electron chi connectivity index (χ4n) is 2.34. The number of amides is 1. The molecule has 1 aliphatic carbocycles. The summed E-state index contributed by atoms with van der Waals surface area (Å²) < 4.78 is 4.61. The van der Waals surface area contributed by atoms with Gasteiger partial charge in [-0.25, -0.2) is 0 Å². The highest BCUT2D eigenvalue weighted by Gasteiger charge is 2.45. The van der Waals surface area contributed by atoms with E-state index in [0.29, 0.717) is 12.5 Å². The molecule has 0 bridgehead atoms. The number of nitrogens with zero attached hydrogens (tertiary/aromatic N) is 1. The zero-order valence-corrected chi connectivity index (χ0v) is 11.3. The highest BCUT2D eigenvalue weighted by atomic mass is 16.5. The van der Waals surface area contributed by atoms with Gasteiger partial charge in [0.2, 0.25) is 5.91 Å². The Balaban J connectivity index is 1.96. The maximum absolute atomic E-state index is 12.3. The number of likely N-dealkylation sites (N-methyl/N-ethyl adjacent to an activating group) is 1. The van der Waals surface area contributed by atoms with Crippen molar-refractivity contribution in [1.29, 1.82) is 0 Å². The van der Waals surface area contributed by atoms with Crippen LogP contribution in [0.2, 0.25) is 0 Å². The first-order valence-corrected chi connectivity index (χ1v) is 6.58. The number of ether oxygens (including phenoxy) is 1. The number of hydrogen-bond donors (Lipinski definition) is 0. The SMILES string of the molecule is CCN(CC(=O)OC)C(=O)C1CC1c1ccccc1. The summed E-state index contributed by atoms with van der Waals surface area (Å²) >= 11 is 0. The zero-order chi connectivity index (χ0) is 13.8. The minimum Gasteiger partial charge on any atom is -0.468 e. The molecule has 2 atom stereocenters. The Bertz CT molecular complexity index is 458. The van der Waals surface area contributed by atoms with Crippen molar-refractivity contribution in [2.24, 2.45) is 5.92 Å². The standard InChI is InChI=1S/C15H19NO3/c1-3-16(10-14(17)19-2)15(18)13-9-12(13)11-7-5-4-6-8-11/h4-8,12-13H,3,9-10H2,1-2H3. The number of hydrogen-bond acceptors (Lipinski definition) is 3. The van der Waals surface area contributed by atoms with Crippen LogP contribution in [0.4, 0.5) is 0 Å². The minimum absolute atomic E-state index is 0.0204. The van der Waals surface area contributed by atoms with Crippen LogP contribution in [0.5, 0.6) is 0 Å². The normalized spacial score (nSPS) is 20.7. The summed E-state index contributed by atoms with van der Waals surface area (Å²) in [5.41, 5.74) is 1.20. The van der Waals surface area contributed by atoms with Crippen LogP contribution in [0.25, 0.3) is 0 Å². The van der Waals surface area contributed by atoms with Crippen molar-refractivity contribution in [3.63, 3.8) is 0 Å². The molecule has 4 heteroatoms. The van der Waals surface area contributed by atoms with E-state index in [0.717, 1.165) is 6.42 Å². The molecule has 1 aromatic rings. The molecule has 102 valence electrons. The molecule has 19 heavy (non-hydrogen) atoms. The summed E-state index contributed by atoms with van der Waals surface area (Å²) in [5, 5.41) is 0. The summed E-state index contributed by atoms with van der Waals surface area (Å²) in [4.78, 5) is 25.1. The lowest BCUT2D eigenvalue weighted by Crippen LogP contribution is -2.37. The van der Waals surface area contributed by atoms with Crippen molar-refractivity contribution in [3.8, 4) is 0 Å². The molecule has 1 saturated carbocycles. The van der Waals surface area contributed by atoms with Gasteiger partial charge in [-0.05, 0) is 24.8 Å². The van der Waals surface area contributed by atoms with Gasteiger partial charge in [0.15, 0.2) is 0 Å². The lowest BCUT2D eigenvalue weighted by atomic mass is 10.1. The van der Waals surface area contributed by atoms with Gasteiger partial charge in [-0.15, -0.1) is 0 Å². The molecule has 0 aromatic heterocycles. The zero-order valence-electron chi connectivity index (χ0n) is 11.3. The van der Waals surface area contributed by atoms with Gasteiger partial charge in [-0.1, -0.05) is 30.3 Å². The summed E-state index contributed by atoms with van der Waals surface area (Å²) in [6.07, 6.45) is 0.876. The molecule has 2 rings (SSSR count). The average Bonchev–Trinajstić information content (AvgIpc) is 3.25. The molecule has 0 spiro atoms. The van der Waals surface area contributed by atoms with E-state index in [1.165, 1.54) is 12.7 Å². The Hall–Kier alpha value is -1.84. The maximum atomic E-state index is 12.3. The molecule has 0 radical (unpaired) electrons. The highest BCUT2D eigenvalue weighted by molar-refractivity contribution is 5.86. The average molecular weight is 261 g/mol. The van der Waals surface area contributed by atoms with Gasteiger partial charge in [-0.2, -0.15) is 0 Å². The summed E-state index contributed by atoms with van der Waals surface area (Å²) in [5.74, 6) is 0.0151. The van der Waals surface area contributed by atoms with E-state index in [1.54, 1.807) is 4.90 Å². The van der Waals surface area contributed by atoms with Crippen LogP contribution in [0.3, 0.4) is 0 Å². The van der Waals surface area contributed by atoms with Gasteiger partial charge in [0.1, 0.15) is 6.54 Å². The third kappa shape index (κ3) is 3.13. The Labute approximate surface area is 113 Å². The second-order valence-corrected chi connectivity index (χ2v) is 4.79. The van der Waals surface area contributed by atoms with E-state index < -0.39 is 0 Å². The number of carbonyl (C=O) groups is 2. The van der Waals surface area contributed by atoms with E-state index in [1.807, 2.05) is 25.1 Å². The van der Waals surface area contributed by atoms with E-state index in [4.69, 9.17) is 0 Å². The van der Waals surface area contributed by atoms with Crippen molar-refractivity contribution in [1.82, 2.24) is 4.90 Å². The van der Waals surface area contributed by atoms with Crippen LogP contribution in [0, 0.1) is 5.92 Å². The van der Waals surface area contributed by atoms with Crippen molar-refractivity contribution >= 4 is 11.9 Å². The molecule has 0 aliphatic heterocycles. The number of methoxy groups -OCH3 is 1. The Morgan fingerprint density at radius 2 is 2.00 bits per heavy atom. The van der Waals surface area contributed by atoms with Crippen LogP contribution in [-0.4, -0.2) is 37.0 Å². The maximum Gasteiger partial charge on any atom is 0.325 e. The van der Waals surface area contributed by atoms with Crippen molar-refractivity contribution in [2.45, 2.75) is 19.3 Å². The fourth-order valence-corrected chi connectivity index (χ4v) is 2.34. The predicted molar refractivity (Wildman–Crippen MR) is 71.6 cm³/mol. The monoisotopic (exact) mass is 261 g/mol. The quantitative estimate of drug-likeness (QED) is 0.759. The Morgan fingerprint density at radius 3 is 2.58 bits per heavy atom. The molecule has 1 aliphatic rings. The van der Waals surface area contributed by atoms with E-state index in [9.17, 15) is 9.59 Å². The van der Waals surface area contributed by atoms with Gasteiger partial charge in [-0.3, -0.25) is 9.59 Å². The van der Waals surface area contributed by atoms with Crippen LogP contribution < -0.4 is 0 Å². The second-order valence-electron chi connectivity index (χ2n) is 4.79. The van der Waals surface area contributed by atoms with Gasteiger partial charge < -0.3 is 9.64 Å². The molecule has 1 aromatic carbocycles. The Morgan fingerprint density at radius 1 is 1.32 bits per heavy atom. The fraction of sp³-hybridized carbons (Fsp3) is 0.467. The number of rotatable bonds is 5. The van der Waals surface area contributed by atoms with Gasteiger partial charge in [0.05, 0.1) is 7.11 Å². The van der Waals surface area contributed by atoms with Crippen molar-refractivity contribution in [2.75, 3.05) is 20.2 Å². The molecule has 0 heterocycles. The smallest absolute Gasteiger partial charge is 0.325 e. The third-order valence-corrected chi connectivity index (χ3v) is 3.58. The molecular weight excluding hydrogens is 242 g/mol. The highest BCUT2D eigenvalue weighted by Crippen LogP contribution is 2.48. The number of esters is 1. The number of benzene rings is 1. The Kier molecular flexibility index (Phi) is 4.20. The van der Waals surface area contributed by atoms with Gasteiger partial charge >= 0.3 is 5.97 Å². The topological polar surface area (TPSA) is 46.6 Å². The van der Waals surface area contributed by atoms with Crippen molar-refractivity contribution in [3.05, 3.63) is 35.9 Å². The van der Waals surface area contributed by atoms with Crippen LogP contribution in [-0.2, 0) is 14.3 Å². The van der Waals surface area contributed by atoms with Gasteiger partial charge in [0.25, 0.3) is 0 Å². The first-order chi connectivity index (χ1) is 9.17. The molecule has 1 amide bonds. The second kappa shape index (κ2) is 5.87. The van der Waals surface area contributed by atoms with Crippen LogP contribution >= 0.6 is 0 Å². The first-order valence-electron chi connectivity index (χ1n) is 6.58. The minimum atomic E-state index is -0.368. The summed E-state index contributed by atoms with van der Waals surface area (Å²) in [6, 6.07) is 10.0. The molecule has 1 fully saturated rings. The summed E-state index contributed by atoms with van der Waals surface area (Å²) in [7, 11) is 1.34. The molecule has 4 nitrogen and oxygen atoms in total. The molecular formula is C15H19NO3. The van der Waals surface area contributed by atoms with Crippen molar-refractivity contribution < 1.29 is 14.3 Å². The number of carbonyl (C=O) groups excluding carboxylic acids is 2. The summed E-state index contributed by atoms with van der Waals surface area (Å²) in [6.45, 7) is 2.45. The lowest BCUT2D eigenvalue weighted by molar-refractivity contribution is -0.147. The molecule has 0 saturated heterocycles. The van der Waals surface area contributed by atoms with E-state index >= 15 is 0 Å². The van der Waals surface area contributed by atoms with Crippen LogP contribution in [0.1, 0.15) is 24.8 Å². The van der Waals surface area contributed by atoms with E-state index in [-0.39, 0.29) is 24.3 Å². The third-order valence-electron chi connectivity index (χ3n) is 3.58. The lowest BCUT2D eigenvalue weighted by Gasteiger charge is -2.19. The van der Waals surface area contributed by atoms with Gasteiger partial charge in [0, 0.05) is 12.5 Å². The molecule has 0 N–H and O–H groups in total. The van der Waals surface area contributed by atoms with E-state index in [2.05, 4.69) is 16.9 Å². The first kappa shape index (κ1) is 13.6. The molecule has 2 unspecified atom stereocenters. The largest absolute Gasteiger partial charge is 0.468 e. The van der Waals surface area contributed by atoms with Crippen LogP contribution in [0.15, 0.2) is 30.3 Å².